The number of rotatable bonds is 8. The van der Waals surface area contributed by atoms with Gasteiger partial charge >= 0.3 is 0 Å². The largest absolute Gasteiger partial charge is 0.493 e. The minimum Gasteiger partial charge on any atom is -0.493 e. The predicted octanol–water partition coefficient (Wildman–Crippen LogP) is 3.39. The molecule has 0 radical (unpaired) electrons. The molecule has 0 saturated heterocycles. The summed E-state index contributed by atoms with van der Waals surface area (Å²) in [6, 6.07) is 11.9. The van der Waals surface area contributed by atoms with Gasteiger partial charge in [-0.2, -0.15) is 0 Å². The molecule has 0 aromatic heterocycles. The van der Waals surface area contributed by atoms with Crippen LogP contribution in [-0.2, 0) is 11.2 Å². The molecule has 26 heavy (non-hydrogen) atoms. The van der Waals surface area contributed by atoms with E-state index in [0.717, 1.165) is 12.0 Å². The second kappa shape index (κ2) is 9.51. The number of methoxy groups -OCH3 is 3. The summed E-state index contributed by atoms with van der Waals surface area (Å²) in [6.07, 6.45) is 4.01. The Kier molecular flexibility index (Phi) is 7.09. The first-order valence-electron chi connectivity index (χ1n) is 8.39. The minimum absolute atomic E-state index is 0.147. The maximum atomic E-state index is 12.0. The third-order valence-electron chi connectivity index (χ3n) is 3.95. The van der Waals surface area contributed by atoms with Crippen LogP contribution in [0.5, 0.6) is 17.2 Å². The molecule has 0 heterocycles. The topological polar surface area (TPSA) is 56.8 Å². The predicted molar refractivity (Wildman–Crippen MR) is 103 cm³/mol. The first-order chi connectivity index (χ1) is 12.6. The number of aryl methyl sites for hydroxylation is 1. The molecular weight excluding hydrogens is 330 g/mol. The molecule has 0 atom stereocenters. The Morgan fingerprint density at radius 2 is 1.62 bits per heavy atom. The van der Waals surface area contributed by atoms with Crippen molar-refractivity contribution >= 4 is 12.0 Å². The first kappa shape index (κ1) is 19.4. The molecule has 0 unspecified atom stereocenters. The van der Waals surface area contributed by atoms with Gasteiger partial charge in [0.05, 0.1) is 21.3 Å². The normalized spacial score (nSPS) is 10.6. The van der Waals surface area contributed by atoms with Gasteiger partial charge in [0.1, 0.15) is 0 Å². The van der Waals surface area contributed by atoms with Crippen LogP contribution in [0.1, 0.15) is 16.7 Å². The lowest BCUT2D eigenvalue weighted by atomic mass is 10.1. The summed E-state index contributed by atoms with van der Waals surface area (Å²) >= 11 is 0. The van der Waals surface area contributed by atoms with Gasteiger partial charge in [0.2, 0.25) is 11.7 Å². The number of benzene rings is 2. The first-order valence-corrected chi connectivity index (χ1v) is 8.39. The summed E-state index contributed by atoms with van der Waals surface area (Å²) in [5, 5.41) is 2.88. The van der Waals surface area contributed by atoms with Crippen LogP contribution in [0.2, 0.25) is 0 Å². The van der Waals surface area contributed by atoms with E-state index in [1.165, 1.54) is 17.2 Å². The molecule has 0 spiro atoms. The van der Waals surface area contributed by atoms with Crippen LogP contribution in [0.4, 0.5) is 0 Å². The highest BCUT2D eigenvalue weighted by atomic mass is 16.5. The SMILES string of the molecule is COc1cc(/C=C/C(=O)NCCc2ccc(C)cc2)cc(OC)c1OC. The Morgan fingerprint density at radius 3 is 2.15 bits per heavy atom. The van der Waals surface area contributed by atoms with Crippen molar-refractivity contribution in [2.24, 2.45) is 0 Å². The number of carbonyl (C=O) groups is 1. The number of amides is 1. The molecule has 1 N–H and O–H groups in total. The van der Waals surface area contributed by atoms with E-state index in [9.17, 15) is 4.79 Å². The third kappa shape index (κ3) is 5.28. The summed E-state index contributed by atoms with van der Waals surface area (Å²) in [5.74, 6) is 1.47. The fourth-order valence-electron chi connectivity index (χ4n) is 2.51. The maximum Gasteiger partial charge on any atom is 0.244 e. The lowest BCUT2D eigenvalue weighted by molar-refractivity contribution is -0.116. The van der Waals surface area contributed by atoms with E-state index >= 15 is 0 Å². The number of hydrogen-bond acceptors (Lipinski definition) is 4. The van der Waals surface area contributed by atoms with Crippen molar-refractivity contribution in [3.8, 4) is 17.2 Å². The summed E-state index contributed by atoms with van der Waals surface area (Å²) in [4.78, 5) is 12.0. The molecule has 2 aromatic rings. The van der Waals surface area contributed by atoms with Crippen LogP contribution in [-0.4, -0.2) is 33.8 Å². The van der Waals surface area contributed by atoms with E-state index in [-0.39, 0.29) is 5.91 Å². The summed E-state index contributed by atoms with van der Waals surface area (Å²) < 4.78 is 15.9. The van der Waals surface area contributed by atoms with Crippen molar-refractivity contribution in [3.05, 3.63) is 59.2 Å². The fourth-order valence-corrected chi connectivity index (χ4v) is 2.51. The number of nitrogens with one attached hydrogen (secondary N) is 1. The molecule has 2 aromatic carbocycles. The van der Waals surface area contributed by atoms with Gasteiger partial charge in [-0.25, -0.2) is 0 Å². The lowest BCUT2D eigenvalue weighted by Crippen LogP contribution is -2.23. The van der Waals surface area contributed by atoms with Gasteiger partial charge < -0.3 is 19.5 Å². The van der Waals surface area contributed by atoms with E-state index in [2.05, 4.69) is 36.5 Å². The molecule has 5 nitrogen and oxygen atoms in total. The molecule has 0 aliphatic rings. The second-order valence-electron chi connectivity index (χ2n) is 5.82. The Labute approximate surface area is 154 Å². The Hall–Kier alpha value is -2.95. The van der Waals surface area contributed by atoms with Crippen molar-refractivity contribution < 1.29 is 19.0 Å². The van der Waals surface area contributed by atoms with Gasteiger partial charge in [0.15, 0.2) is 11.5 Å². The molecule has 2 rings (SSSR count). The van der Waals surface area contributed by atoms with Crippen molar-refractivity contribution in [1.29, 1.82) is 0 Å². The zero-order valence-electron chi connectivity index (χ0n) is 15.7. The van der Waals surface area contributed by atoms with E-state index in [0.29, 0.717) is 23.8 Å². The van der Waals surface area contributed by atoms with Crippen molar-refractivity contribution in [2.75, 3.05) is 27.9 Å². The monoisotopic (exact) mass is 355 g/mol. The number of carbonyl (C=O) groups excluding carboxylic acids is 1. The van der Waals surface area contributed by atoms with Crippen LogP contribution in [0.25, 0.3) is 6.08 Å². The highest BCUT2D eigenvalue weighted by molar-refractivity contribution is 5.91. The fraction of sp³-hybridized carbons (Fsp3) is 0.286. The maximum absolute atomic E-state index is 12.0. The van der Waals surface area contributed by atoms with Crippen LogP contribution in [0, 0.1) is 6.92 Å². The molecule has 0 aliphatic carbocycles. The quantitative estimate of drug-likeness (QED) is 0.738. The summed E-state index contributed by atoms with van der Waals surface area (Å²) in [5.41, 5.74) is 3.21. The second-order valence-corrected chi connectivity index (χ2v) is 5.82. The summed E-state index contributed by atoms with van der Waals surface area (Å²) in [7, 11) is 4.67. The standard InChI is InChI=1S/C21H25NO4/c1-15-5-7-16(8-6-15)11-12-22-20(23)10-9-17-13-18(24-2)21(26-4)19(14-17)25-3/h5-10,13-14H,11-12H2,1-4H3,(H,22,23)/b10-9+. The molecule has 1 amide bonds. The van der Waals surface area contributed by atoms with Gasteiger partial charge in [-0.05, 0) is 42.7 Å². The van der Waals surface area contributed by atoms with E-state index in [1.54, 1.807) is 39.5 Å². The summed E-state index contributed by atoms with van der Waals surface area (Å²) in [6.45, 7) is 2.64. The van der Waals surface area contributed by atoms with Crippen LogP contribution in [0.3, 0.4) is 0 Å². The Balaban J connectivity index is 1.95. The average Bonchev–Trinajstić information content (AvgIpc) is 2.66. The molecule has 0 fully saturated rings. The average molecular weight is 355 g/mol. The highest BCUT2D eigenvalue weighted by Crippen LogP contribution is 2.38. The molecule has 0 bridgehead atoms. The third-order valence-corrected chi connectivity index (χ3v) is 3.95. The van der Waals surface area contributed by atoms with Gasteiger partial charge in [-0.1, -0.05) is 29.8 Å². The van der Waals surface area contributed by atoms with Gasteiger partial charge in [0.25, 0.3) is 0 Å². The zero-order chi connectivity index (χ0) is 18.9. The van der Waals surface area contributed by atoms with Gasteiger partial charge in [-0.3, -0.25) is 4.79 Å². The Bertz CT molecular complexity index is 741. The molecule has 0 saturated carbocycles. The van der Waals surface area contributed by atoms with E-state index < -0.39 is 0 Å². The number of ether oxygens (including phenoxy) is 3. The number of hydrogen-bond donors (Lipinski definition) is 1. The van der Waals surface area contributed by atoms with Crippen LogP contribution in [0.15, 0.2) is 42.5 Å². The minimum atomic E-state index is -0.147. The van der Waals surface area contributed by atoms with Gasteiger partial charge in [-0.15, -0.1) is 0 Å². The van der Waals surface area contributed by atoms with Crippen molar-refractivity contribution in [1.82, 2.24) is 5.32 Å². The molecule has 138 valence electrons. The lowest BCUT2D eigenvalue weighted by Gasteiger charge is -2.12. The smallest absolute Gasteiger partial charge is 0.244 e. The molecular formula is C21H25NO4. The highest BCUT2D eigenvalue weighted by Gasteiger charge is 2.12. The van der Waals surface area contributed by atoms with E-state index in [4.69, 9.17) is 14.2 Å². The van der Waals surface area contributed by atoms with Gasteiger partial charge in [0, 0.05) is 12.6 Å². The zero-order valence-corrected chi connectivity index (χ0v) is 15.7. The van der Waals surface area contributed by atoms with E-state index in [1.807, 2.05) is 0 Å². The van der Waals surface area contributed by atoms with Crippen molar-refractivity contribution in [3.63, 3.8) is 0 Å². The molecule has 0 aliphatic heterocycles. The van der Waals surface area contributed by atoms with Crippen LogP contribution >= 0.6 is 0 Å². The Morgan fingerprint density at radius 1 is 1.00 bits per heavy atom. The molecule has 5 heteroatoms. The van der Waals surface area contributed by atoms with Crippen molar-refractivity contribution in [2.45, 2.75) is 13.3 Å². The van der Waals surface area contributed by atoms with Crippen LogP contribution < -0.4 is 19.5 Å².